The van der Waals surface area contributed by atoms with Gasteiger partial charge in [-0.2, -0.15) is 11.8 Å². The van der Waals surface area contributed by atoms with Gasteiger partial charge in [0.15, 0.2) is 11.7 Å². The number of aryl methyl sites for hydroxylation is 1. The van der Waals surface area contributed by atoms with Crippen LogP contribution >= 0.6 is 11.8 Å². The molecule has 1 saturated carbocycles. The Morgan fingerprint density at radius 2 is 2.12 bits per heavy atom. The first-order chi connectivity index (χ1) is 12.7. The van der Waals surface area contributed by atoms with Crippen molar-refractivity contribution in [3.63, 3.8) is 0 Å². The van der Waals surface area contributed by atoms with Crippen LogP contribution in [0.1, 0.15) is 37.6 Å². The Kier molecular flexibility index (Phi) is 6.61. The van der Waals surface area contributed by atoms with Crippen LogP contribution in [0.4, 0.5) is 0 Å². The number of benzene rings is 1. The molecule has 1 fully saturated rings. The van der Waals surface area contributed by atoms with E-state index in [2.05, 4.69) is 65.0 Å². The van der Waals surface area contributed by atoms with Gasteiger partial charge in [0.2, 0.25) is 5.89 Å². The van der Waals surface area contributed by atoms with E-state index in [4.69, 9.17) is 4.42 Å². The van der Waals surface area contributed by atoms with Crippen molar-refractivity contribution in [3.05, 3.63) is 41.9 Å². The summed E-state index contributed by atoms with van der Waals surface area (Å²) in [6.07, 6.45) is 7.64. The van der Waals surface area contributed by atoms with Gasteiger partial charge in [-0.1, -0.05) is 29.8 Å². The van der Waals surface area contributed by atoms with Crippen LogP contribution in [0.15, 0.2) is 39.9 Å². The van der Waals surface area contributed by atoms with Crippen LogP contribution < -0.4 is 10.6 Å². The van der Waals surface area contributed by atoms with Crippen molar-refractivity contribution >= 4 is 17.7 Å². The molecule has 0 bridgehead atoms. The molecule has 0 aliphatic heterocycles. The van der Waals surface area contributed by atoms with Crippen LogP contribution in [-0.4, -0.2) is 35.0 Å². The van der Waals surface area contributed by atoms with Gasteiger partial charge >= 0.3 is 0 Å². The first kappa shape index (κ1) is 18.8. The fraction of sp³-hybridized carbons (Fsp3) is 0.500. The van der Waals surface area contributed by atoms with Crippen LogP contribution in [0.2, 0.25) is 0 Å². The Balaban J connectivity index is 1.61. The number of nitrogens with zero attached hydrogens (tertiary/aromatic N) is 2. The van der Waals surface area contributed by atoms with E-state index in [0.717, 1.165) is 29.1 Å². The van der Waals surface area contributed by atoms with Crippen molar-refractivity contribution in [2.45, 2.75) is 50.9 Å². The molecule has 0 saturated heterocycles. The molecule has 1 aliphatic carbocycles. The highest BCUT2D eigenvalue weighted by molar-refractivity contribution is 7.99. The van der Waals surface area contributed by atoms with Crippen molar-refractivity contribution in [2.75, 3.05) is 12.8 Å². The summed E-state index contributed by atoms with van der Waals surface area (Å²) in [5.74, 6) is 2.26. The third-order valence-electron chi connectivity index (χ3n) is 4.66. The van der Waals surface area contributed by atoms with Gasteiger partial charge in [-0.3, -0.25) is 0 Å². The molecule has 2 atom stereocenters. The summed E-state index contributed by atoms with van der Waals surface area (Å²) >= 11 is 1.96. The lowest BCUT2D eigenvalue weighted by Crippen LogP contribution is -2.42. The predicted octanol–water partition coefficient (Wildman–Crippen LogP) is 3.99. The third-order valence-corrected chi connectivity index (χ3v) is 5.76. The van der Waals surface area contributed by atoms with Gasteiger partial charge < -0.3 is 15.1 Å². The van der Waals surface area contributed by atoms with Crippen molar-refractivity contribution in [2.24, 2.45) is 4.99 Å². The first-order valence-corrected chi connectivity index (χ1v) is 10.6. The van der Waals surface area contributed by atoms with Gasteiger partial charge in [0, 0.05) is 23.4 Å². The molecule has 26 heavy (non-hydrogen) atoms. The molecule has 2 aromatic rings. The number of aromatic nitrogens is 1. The molecule has 2 unspecified atom stereocenters. The zero-order valence-corrected chi connectivity index (χ0v) is 16.6. The fourth-order valence-corrected chi connectivity index (χ4v) is 3.98. The SMILES string of the molecule is CCNC(=NCc1ncc(-c2ccc(C)cc2)o1)NC1CCC(SC)C1. The van der Waals surface area contributed by atoms with Gasteiger partial charge in [0.25, 0.3) is 0 Å². The Labute approximate surface area is 160 Å². The van der Waals surface area contributed by atoms with E-state index < -0.39 is 0 Å². The Bertz CT molecular complexity index is 726. The standard InChI is InChI=1S/C20H28N4OS/c1-4-21-20(24-16-9-10-17(11-16)26-3)23-13-19-22-12-18(25-19)15-7-5-14(2)6-8-15/h5-8,12,16-17H,4,9-11,13H2,1-3H3,(H2,21,23,24). The molecule has 0 radical (unpaired) electrons. The Morgan fingerprint density at radius 3 is 2.81 bits per heavy atom. The minimum atomic E-state index is 0.430. The zero-order chi connectivity index (χ0) is 18.4. The first-order valence-electron chi connectivity index (χ1n) is 9.27. The summed E-state index contributed by atoms with van der Waals surface area (Å²) in [5.41, 5.74) is 2.27. The summed E-state index contributed by atoms with van der Waals surface area (Å²) in [7, 11) is 0. The molecule has 1 aromatic carbocycles. The van der Waals surface area contributed by atoms with Gasteiger partial charge in [-0.15, -0.1) is 0 Å². The fourth-order valence-electron chi connectivity index (χ4n) is 3.18. The van der Waals surface area contributed by atoms with E-state index in [1.807, 2.05) is 11.8 Å². The number of oxazole rings is 1. The smallest absolute Gasteiger partial charge is 0.216 e. The molecule has 6 heteroatoms. The van der Waals surface area contributed by atoms with Crippen LogP contribution in [-0.2, 0) is 6.54 Å². The summed E-state index contributed by atoms with van der Waals surface area (Å²) in [6.45, 7) is 5.42. The molecular weight excluding hydrogens is 344 g/mol. The maximum atomic E-state index is 5.87. The lowest BCUT2D eigenvalue weighted by molar-refractivity contribution is 0.508. The normalized spacial score (nSPS) is 20.3. The summed E-state index contributed by atoms with van der Waals surface area (Å²) in [6, 6.07) is 8.75. The second kappa shape index (κ2) is 9.12. The second-order valence-corrected chi connectivity index (χ2v) is 7.83. The van der Waals surface area contributed by atoms with Crippen LogP contribution in [0.3, 0.4) is 0 Å². The van der Waals surface area contributed by atoms with Gasteiger partial charge in [-0.25, -0.2) is 9.98 Å². The minimum absolute atomic E-state index is 0.430. The van der Waals surface area contributed by atoms with Gasteiger partial charge in [0.1, 0.15) is 6.54 Å². The van der Waals surface area contributed by atoms with E-state index in [1.54, 1.807) is 6.20 Å². The predicted molar refractivity (Wildman–Crippen MR) is 110 cm³/mol. The zero-order valence-electron chi connectivity index (χ0n) is 15.8. The largest absolute Gasteiger partial charge is 0.439 e. The molecular formula is C20H28N4OS. The van der Waals surface area contributed by atoms with Crippen LogP contribution in [0, 0.1) is 6.92 Å². The number of aliphatic imine (C=N–C) groups is 1. The quantitative estimate of drug-likeness (QED) is 0.593. The molecule has 0 spiro atoms. The van der Waals surface area contributed by atoms with Crippen molar-refractivity contribution in [1.82, 2.24) is 15.6 Å². The van der Waals surface area contributed by atoms with E-state index >= 15 is 0 Å². The average Bonchev–Trinajstić information content (AvgIpc) is 3.30. The number of rotatable bonds is 6. The maximum absolute atomic E-state index is 5.87. The van der Waals surface area contributed by atoms with E-state index in [1.165, 1.54) is 24.8 Å². The van der Waals surface area contributed by atoms with Gasteiger partial charge in [-0.05, 0) is 39.4 Å². The third kappa shape index (κ3) is 5.04. The molecule has 5 nitrogen and oxygen atoms in total. The average molecular weight is 373 g/mol. The maximum Gasteiger partial charge on any atom is 0.216 e. The highest BCUT2D eigenvalue weighted by Crippen LogP contribution is 2.28. The highest BCUT2D eigenvalue weighted by Gasteiger charge is 2.24. The van der Waals surface area contributed by atoms with Crippen molar-refractivity contribution < 1.29 is 4.42 Å². The number of thioether (sulfide) groups is 1. The minimum Gasteiger partial charge on any atom is -0.439 e. The molecule has 0 amide bonds. The number of hydrogen-bond acceptors (Lipinski definition) is 4. The molecule has 3 rings (SSSR count). The molecule has 140 valence electrons. The molecule has 1 aliphatic rings. The van der Waals surface area contributed by atoms with Crippen molar-refractivity contribution in [3.8, 4) is 11.3 Å². The Hall–Kier alpha value is -1.95. The summed E-state index contributed by atoms with van der Waals surface area (Å²) < 4.78 is 5.87. The monoisotopic (exact) mass is 372 g/mol. The van der Waals surface area contributed by atoms with Crippen LogP contribution in [0.5, 0.6) is 0 Å². The van der Waals surface area contributed by atoms with E-state index in [9.17, 15) is 0 Å². The Morgan fingerprint density at radius 1 is 1.31 bits per heavy atom. The summed E-state index contributed by atoms with van der Waals surface area (Å²) in [5, 5.41) is 7.64. The lowest BCUT2D eigenvalue weighted by Gasteiger charge is -2.16. The van der Waals surface area contributed by atoms with Crippen LogP contribution in [0.25, 0.3) is 11.3 Å². The highest BCUT2D eigenvalue weighted by atomic mass is 32.2. The topological polar surface area (TPSA) is 62.5 Å². The number of guanidine groups is 1. The lowest BCUT2D eigenvalue weighted by atomic mass is 10.1. The summed E-state index contributed by atoms with van der Waals surface area (Å²) in [4.78, 5) is 9.02. The van der Waals surface area contributed by atoms with E-state index in [0.29, 0.717) is 18.5 Å². The molecule has 1 aromatic heterocycles. The molecule has 2 N–H and O–H groups in total. The van der Waals surface area contributed by atoms with Gasteiger partial charge in [0.05, 0.1) is 6.20 Å². The number of nitrogens with one attached hydrogen (secondary N) is 2. The second-order valence-electron chi connectivity index (χ2n) is 6.69. The number of hydrogen-bond donors (Lipinski definition) is 2. The van der Waals surface area contributed by atoms with Crippen molar-refractivity contribution in [1.29, 1.82) is 0 Å². The molecule has 1 heterocycles. The van der Waals surface area contributed by atoms with E-state index in [-0.39, 0.29) is 0 Å².